The number of hydrogen-bond acceptors (Lipinski definition) is 2. The summed E-state index contributed by atoms with van der Waals surface area (Å²) in [6.45, 7) is 6.60. The second-order valence-corrected chi connectivity index (χ2v) is 10.9. The van der Waals surface area contributed by atoms with Crippen molar-refractivity contribution in [2.24, 2.45) is 5.41 Å². The Hall–Kier alpha value is -3.21. The predicted molar refractivity (Wildman–Crippen MR) is 145 cm³/mol. The largest absolute Gasteiger partial charge is 0.386 e. The summed E-state index contributed by atoms with van der Waals surface area (Å²) in [6, 6.07) is 24.3. The topological polar surface area (TPSA) is 49.3 Å². The normalized spacial score (nSPS) is 13.4. The van der Waals surface area contributed by atoms with E-state index >= 15 is 0 Å². The maximum absolute atomic E-state index is 14.3. The Bertz CT molecular complexity index is 1360. The van der Waals surface area contributed by atoms with Gasteiger partial charge in [-0.15, -0.1) is 0 Å². The SMILES string of the molecule is CC(C)(C)Cc1ccc(CC(NC(=O)c2ccc(F)c3ccccc23)C(O)c2cccc(Cl)c2)cc1. The standard InChI is InChI=1S/C31H31ClFNO2/c1-31(2,3)19-21-13-11-20(12-14-21)17-28(29(35)22-7-6-8-23(32)18-22)34-30(36)26-15-16-27(33)25-10-5-4-9-24(25)26/h4-16,18,28-29,35H,17,19H2,1-3H3,(H,34,36). The second-order valence-electron chi connectivity index (χ2n) is 10.5. The molecule has 0 saturated heterocycles. The van der Waals surface area contributed by atoms with Gasteiger partial charge in [0.15, 0.2) is 0 Å². The number of fused-ring (bicyclic) bond motifs is 1. The Morgan fingerprint density at radius 2 is 1.58 bits per heavy atom. The first-order chi connectivity index (χ1) is 17.1. The monoisotopic (exact) mass is 503 g/mol. The zero-order chi connectivity index (χ0) is 25.9. The molecule has 5 heteroatoms. The average molecular weight is 504 g/mol. The molecule has 36 heavy (non-hydrogen) atoms. The highest BCUT2D eigenvalue weighted by Crippen LogP contribution is 2.26. The lowest BCUT2D eigenvalue weighted by molar-refractivity contribution is 0.0834. The Kier molecular flexibility index (Phi) is 7.77. The van der Waals surface area contributed by atoms with E-state index in [4.69, 9.17) is 11.6 Å². The second kappa shape index (κ2) is 10.8. The van der Waals surface area contributed by atoms with E-state index in [2.05, 4.69) is 38.2 Å². The van der Waals surface area contributed by atoms with Gasteiger partial charge in [0.05, 0.1) is 12.1 Å². The van der Waals surface area contributed by atoms with Gasteiger partial charge in [-0.3, -0.25) is 4.79 Å². The van der Waals surface area contributed by atoms with Crippen LogP contribution in [0.2, 0.25) is 5.02 Å². The van der Waals surface area contributed by atoms with Crippen molar-refractivity contribution in [2.75, 3.05) is 0 Å². The summed E-state index contributed by atoms with van der Waals surface area (Å²) < 4.78 is 14.3. The van der Waals surface area contributed by atoms with Crippen molar-refractivity contribution in [3.63, 3.8) is 0 Å². The lowest BCUT2D eigenvalue weighted by atomic mass is 9.87. The fourth-order valence-electron chi connectivity index (χ4n) is 4.53. The number of hydrogen-bond donors (Lipinski definition) is 2. The van der Waals surface area contributed by atoms with Crippen LogP contribution in [0.3, 0.4) is 0 Å². The van der Waals surface area contributed by atoms with E-state index in [1.165, 1.54) is 17.7 Å². The van der Waals surface area contributed by atoms with E-state index in [9.17, 15) is 14.3 Å². The van der Waals surface area contributed by atoms with Gasteiger partial charge in [-0.25, -0.2) is 4.39 Å². The van der Waals surface area contributed by atoms with Crippen LogP contribution in [0.4, 0.5) is 4.39 Å². The summed E-state index contributed by atoms with van der Waals surface area (Å²) in [4.78, 5) is 13.4. The summed E-state index contributed by atoms with van der Waals surface area (Å²) in [5.41, 5.74) is 3.37. The number of carbonyl (C=O) groups is 1. The van der Waals surface area contributed by atoms with Crippen LogP contribution in [0.25, 0.3) is 10.8 Å². The maximum atomic E-state index is 14.3. The van der Waals surface area contributed by atoms with Gasteiger partial charge in [0.2, 0.25) is 0 Å². The van der Waals surface area contributed by atoms with E-state index in [0.717, 1.165) is 12.0 Å². The number of amides is 1. The van der Waals surface area contributed by atoms with Gasteiger partial charge in [0, 0.05) is 16.0 Å². The molecular formula is C31H31ClFNO2. The van der Waals surface area contributed by atoms with Crippen LogP contribution < -0.4 is 5.32 Å². The van der Waals surface area contributed by atoms with Gasteiger partial charge in [-0.05, 0) is 64.6 Å². The van der Waals surface area contributed by atoms with Crippen LogP contribution in [0.1, 0.15) is 53.9 Å². The van der Waals surface area contributed by atoms with Gasteiger partial charge < -0.3 is 10.4 Å². The van der Waals surface area contributed by atoms with Crippen LogP contribution in [0.15, 0.2) is 84.9 Å². The van der Waals surface area contributed by atoms with Crippen LogP contribution in [-0.4, -0.2) is 17.1 Å². The molecule has 2 atom stereocenters. The van der Waals surface area contributed by atoms with Crippen molar-refractivity contribution in [3.8, 4) is 0 Å². The third-order valence-corrected chi connectivity index (χ3v) is 6.45. The molecule has 0 aliphatic rings. The van der Waals surface area contributed by atoms with Crippen LogP contribution in [0.5, 0.6) is 0 Å². The van der Waals surface area contributed by atoms with Gasteiger partial charge in [-0.2, -0.15) is 0 Å². The first-order valence-electron chi connectivity index (χ1n) is 12.1. The molecule has 0 fully saturated rings. The third-order valence-electron chi connectivity index (χ3n) is 6.22. The minimum atomic E-state index is -0.992. The molecule has 1 amide bonds. The summed E-state index contributed by atoms with van der Waals surface area (Å²) in [6.07, 6.45) is 0.374. The Labute approximate surface area is 216 Å². The lowest BCUT2D eigenvalue weighted by Crippen LogP contribution is -2.41. The molecule has 2 N–H and O–H groups in total. The van der Waals surface area contributed by atoms with Gasteiger partial charge in [0.1, 0.15) is 5.82 Å². The molecule has 4 aromatic carbocycles. The van der Waals surface area contributed by atoms with E-state index < -0.39 is 12.1 Å². The number of benzene rings is 4. The first kappa shape index (κ1) is 25.9. The molecule has 0 radical (unpaired) electrons. The molecule has 3 nitrogen and oxygen atoms in total. The van der Waals surface area contributed by atoms with E-state index in [-0.39, 0.29) is 17.1 Å². The maximum Gasteiger partial charge on any atom is 0.252 e. The zero-order valence-corrected chi connectivity index (χ0v) is 21.5. The van der Waals surface area contributed by atoms with Crippen LogP contribution >= 0.6 is 11.6 Å². The zero-order valence-electron chi connectivity index (χ0n) is 20.8. The summed E-state index contributed by atoms with van der Waals surface area (Å²) in [5, 5.41) is 15.7. The summed E-state index contributed by atoms with van der Waals surface area (Å²) >= 11 is 6.17. The summed E-state index contributed by atoms with van der Waals surface area (Å²) in [5.74, 6) is -0.755. The Morgan fingerprint density at radius 1 is 0.917 bits per heavy atom. The molecular weight excluding hydrogens is 473 g/mol. The van der Waals surface area contributed by atoms with Crippen LogP contribution in [0, 0.1) is 11.2 Å². The van der Waals surface area contributed by atoms with Gasteiger partial charge >= 0.3 is 0 Å². The molecule has 4 rings (SSSR count). The van der Waals surface area contributed by atoms with Crippen molar-refractivity contribution < 1.29 is 14.3 Å². The van der Waals surface area contributed by atoms with Crippen molar-refractivity contribution in [1.29, 1.82) is 0 Å². The molecule has 0 aliphatic heterocycles. The molecule has 0 heterocycles. The number of aliphatic hydroxyl groups excluding tert-OH is 1. The molecule has 0 aromatic heterocycles. The van der Waals surface area contributed by atoms with Crippen molar-refractivity contribution in [3.05, 3.63) is 118 Å². The van der Waals surface area contributed by atoms with Crippen molar-refractivity contribution >= 4 is 28.3 Å². The Morgan fingerprint density at radius 3 is 2.25 bits per heavy atom. The minimum Gasteiger partial charge on any atom is -0.386 e. The highest BCUT2D eigenvalue weighted by molar-refractivity contribution is 6.30. The van der Waals surface area contributed by atoms with Gasteiger partial charge in [0.25, 0.3) is 5.91 Å². The van der Waals surface area contributed by atoms with E-state index in [1.54, 1.807) is 48.5 Å². The average Bonchev–Trinajstić information content (AvgIpc) is 2.84. The number of nitrogens with one attached hydrogen (secondary N) is 1. The first-order valence-corrected chi connectivity index (χ1v) is 12.5. The highest BCUT2D eigenvalue weighted by Gasteiger charge is 2.25. The Balaban J connectivity index is 1.63. The number of aliphatic hydroxyl groups is 1. The van der Waals surface area contributed by atoms with Gasteiger partial charge in [-0.1, -0.05) is 93.0 Å². The number of carbonyl (C=O) groups excluding carboxylic acids is 1. The molecule has 2 unspecified atom stereocenters. The molecule has 186 valence electrons. The highest BCUT2D eigenvalue weighted by atomic mass is 35.5. The molecule has 0 aliphatic carbocycles. The van der Waals surface area contributed by atoms with E-state index in [1.807, 2.05) is 12.1 Å². The quantitative estimate of drug-likeness (QED) is 0.278. The molecule has 0 saturated carbocycles. The third kappa shape index (κ3) is 6.31. The molecule has 0 spiro atoms. The van der Waals surface area contributed by atoms with E-state index in [0.29, 0.717) is 33.3 Å². The predicted octanol–water partition coefficient (Wildman–Crippen LogP) is 7.30. The van der Waals surface area contributed by atoms with Crippen molar-refractivity contribution in [2.45, 2.75) is 45.8 Å². The van der Waals surface area contributed by atoms with Crippen molar-refractivity contribution in [1.82, 2.24) is 5.32 Å². The summed E-state index contributed by atoms with van der Waals surface area (Å²) in [7, 11) is 0. The smallest absolute Gasteiger partial charge is 0.252 e. The minimum absolute atomic E-state index is 0.179. The van der Waals surface area contributed by atoms with Crippen LogP contribution in [-0.2, 0) is 12.8 Å². The number of rotatable bonds is 7. The fourth-order valence-corrected chi connectivity index (χ4v) is 4.73. The molecule has 4 aromatic rings. The molecule has 0 bridgehead atoms. The number of halogens is 2. The fraction of sp³-hybridized carbons (Fsp3) is 0.258. The lowest BCUT2D eigenvalue weighted by Gasteiger charge is -2.25.